The number of quaternary nitrogens is 2. The lowest BCUT2D eigenvalue weighted by Crippen LogP contribution is -2.54. The van der Waals surface area contributed by atoms with Crippen LogP contribution in [-0.2, 0) is 0 Å². The van der Waals surface area contributed by atoms with E-state index in [2.05, 4.69) is 42.0 Å². The highest BCUT2D eigenvalue weighted by atomic mass is 16.3. The first-order valence-electron chi connectivity index (χ1n) is 10.1. The largest absolute Gasteiger partial charge is 0.384 e. The van der Waals surface area contributed by atoms with Crippen LogP contribution in [0.1, 0.15) is 65.2 Å². The second-order valence-electron chi connectivity index (χ2n) is 8.94. The van der Waals surface area contributed by atoms with E-state index in [1.165, 1.54) is 51.4 Å². The maximum atomic E-state index is 10.5. The number of nitrogens with zero attached hydrogens (tertiary/aromatic N) is 2. The minimum atomic E-state index is -0.640. The Kier molecular flexibility index (Phi) is 12.2. The van der Waals surface area contributed by atoms with Gasteiger partial charge in [-0.1, -0.05) is 39.5 Å². The number of aliphatic hydroxyl groups excluding tert-OH is 2. The van der Waals surface area contributed by atoms with Gasteiger partial charge in [-0.25, -0.2) is 0 Å². The fourth-order valence-electron chi connectivity index (χ4n) is 3.37. The second-order valence-corrected chi connectivity index (χ2v) is 8.94. The summed E-state index contributed by atoms with van der Waals surface area (Å²) in [5.41, 5.74) is 0. The van der Waals surface area contributed by atoms with Crippen LogP contribution in [0.4, 0.5) is 0 Å². The molecule has 0 saturated carbocycles. The van der Waals surface area contributed by atoms with Crippen LogP contribution in [0.25, 0.3) is 0 Å². The van der Waals surface area contributed by atoms with Gasteiger partial charge in [0.05, 0.1) is 41.3 Å². The number of aliphatic hydroxyl groups is 2. The van der Waals surface area contributed by atoms with Gasteiger partial charge in [-0.05, 0) is 25.7 Å². The van der Waals surface area contributed by atoms with E-state index in [1.54, 1.807) is 0 Å². The van der Waals surface area contributed by atoms with Gasteiger partial charge < -0.3 is 19.2 Å². The molecule has 0 aliphatic rings. The number of hydrogen-bond acceptors (Lipinski definition) is 2. The van der Waals surface area contributed by atoms with Crippen molar-refractivity contribution in [2.45, 2.75) is 77.4 Å². The Morgan fingerprint density at radius 2 is 0.917 bits per heavy atom. The molecule has 0 radical (unpaired) electrons. The molecule has 0 aromatic rings. The normalized spacial score (nSPS) is 15.5. The molecule has 0 bridgehead atoms. The van der Waals surface area contributed by atoms with Gasteiger partial charge in [-0.2, -0.15) is 0 Å². The zero-order valence-electron chi connectivity index (χ0n) is 17.4. The SMILES string of the molecule is CCCCCC[N+](C)(C)CC(O)C(O)C[N+](C)(C)CCCCCC. The Morgan fingerprint density at radius 1 is 0.583 bits per heavy atom. The van der Waals surface area contributed by atoms with Gasteiger partial charge in [0.1, 0.15) is 25.3 Å². The molecule has 0 saturated heterocycles. The fourth-order valence-corrected chi connectivity index (χ4v) is 3.37. The topological polar surface area (TPSA) is 40.5 Å². The third-order valence-corrected chi connectivity index (χ3v) is 5.04. The third kappa shape index (κ3) is 12.2. The van der Waals surface area contributed by atoms with Crippen LogP contribution in [0.5, 0.6) is 0 Å². The summed E-state index contributed by atoms with van der Waals surface area (Å²) < 4.78 is 1.57. The van der Waals surface area contributed by atoms with Crippen LogP contribution in [0.2, 0.25) is 0 Å². The molecule has 4 heteroatoms. The Labute approximate surface area is 151 Å². The van der Waals surface area contributed by atoms with Crippen molar-refractivity contribution >= 4 is 0 Å². The maximum Gasteiger partial charge on any atom is 0.134 e. The Bertz CT molecular complexity index is 276. The van der Waals surface area contributed by atoms with E-state index in [0.717, 1.165) is 22.1 Å². The van der Waals surface area contributed by atoms with Gasteiger partial charge >= 0.3 is 0 Å². The first kappa shape index (κ1) is 23.8. The summed E-state index contributed by atoms with van der Waals surface area (Å²) in [6, 6.07) is 0. The molecule has 0 aliphatic carbocycles. The summed E-state index contributed by atoms with van der Waals surface area (Å²) in [5, 5.41) is 20.9. The van der Waals surface area contributed by atoms with E-state index in [0.29, 0.717) is 13.1 Å². The molecular formula is C20H46N2O2+2. The van der Waals surface area contributed by atoms with E-state index < -0.39 is 12.2 Å². The summed E-state index contributed by atoms with van der Waals surface area (Å²) >= 11 is 0. The third-order valence-electron chi connectivity index (χ3n) is 5.04. The van der Waals surface area contributed by atoms with E-state index in [9.17, 15) is 10.2 Å². The molecule has 24 heavy (non-hydrogen) atoms. The first-order valence-corrected chi connectivity index (χ1v) is 10.1. The molecule has 0 aromatic heterocycles. The van der Waals surface area contributed by atoms with Crippen LogP contribution < -0.4 is 0 Å². The number of likely N-dealkylation sites (N-methyl/N-ethyl adjacent to an activating group) is 2. The van der Waals surface area contributed by atoms with Gasteiger partial charge in [0, 0.05) is 0 Å². The highest BCUT2D eigenvalue weighted by Gasteiger charge is 2.30. The first-order chi connectivity index (χ1) is 11.1. The number of rotatable bonds is 15. The molecule has 4 nitrogen and oxygen atoms in total. The Morgan fingerprint density at radius 3 is 1.21 bits per heavy atom. The van der Waals surface area contributed by atoms with Crippen molar-refractivity contribution in [2.24, 2.45) is 0 Å². The molecule has 0 aliphatic heterocycles. The van der Waals surface area contributed by atoms with Crippen molar-refractivity contribution in [3.05, 3.63) is 0 Å². The van der Waals surface area contributed by atoms with Gasteiger partial charge in [-0.3, -0.25) is 0 Å². The average molecular weight is 347 g/mol. The van der Waals surface area contributed by atoms with Crippen molar-refractivity contribution in [2.75, 3.05) is 54.4 Å². The fraction of sp³-hybridized carbons (Fsp3) is 1.00. The summed E-state index contributed by atoms with van der Waals surface area (Å²) in [6.45, 7) is 7.84. The molecule has 2 unspecified atom stereocenters. The molecule has 2 atom stereocenters. The minimum Gasteiger partial charge on any atom is -0.384 e. The summed E-state index contributed by atoms with van der Waals surface area (Å²) in [4.78, 5) is 0. The van der Waals surface area contributed by atoms with Gasteiger partial charge in [0.2, 0.25) is 0 Å². The highest BCUT2D eigenvalue weighted by molar-refractivity contribution is 4.66. The molecule has 0 fully saturated rings. The molecule has 0 rings (SSSR count). The van der Waals surface area contributed by atoms with Gasteiger partial charge in [-0.15, -0.1) is 0 Å². The summed E-state index contributed by atoms with van der Waals surface area (Å²) in [5.74, 6) is 0. The van der Waals surface area contributed by atoms with Crippen molar-refractivity contribution in [3.63, 3.8) is 0 Å². The van der Waals surface area contributed by atoms with Crippen LogP contribution in [0, 0.1) is 0 Å². The Balaban J connectivity index is 4.21. The zero-order chi connectivity index (χ0) is 18.6. The van der Waals surface area contributed by atoms with Crippen molar-refractivity contribution in [1.29, 1.82) is 0 Å². The molecular weight excluding hydrogens is 300 g/mol. The van der Waals surface area contributed by atoms with Crippen LogP contribution >= 0.6 is 0 Å². The maximum absolute atomic E-state index is 10.5. The molecule has 146 valence electrons. The lowest BCUT2D eigenvalue weighted by Gasteiger charge is -2.36. The molecule has 0 heterocycles. The second kappa shape index (κ2) is 12.2. The number of hydrogen-bond donors (Lipinski definition) is 2. The zero-order valence-corrected chi connectivity index (χ0v) is 17.4. The molecule has 0 spiro atoms. The van der Waals surface area contributed by atoms with Crippen LogP contribution in [-0.4, -0.2) is 85.8 Å². The summed E-state index contributed by atoms with van der Waals surface area (Å²) in [7, 11) is 8.64. The predicted molar refractivity (Wildman–Crippen MR) is 104 cm³/mol. The molecule has 0 amide bonds. The van der Waals surface area contributed by atoms with E-state index in [1.807, 2.05) is 0 Å². The van der Waals surface area contributed by atoms with Crippen LogP contribution in [0.3, 0.4) is 0 Å². The van der Waals surface area contributed by atoms with Crippen molar-refractivity contribution < 1.29 is 19.2 Å². The highest BCUT2D eigenvalue weighted by Crippen LogP contribution is 2.12. The van der Waals surface area contributed by atoms with Crippen molar-refractivity contribution in [3.8, 4) is 0 Å². The van der Waals surface area contributed by atoms with Gasteiger partial charge in [0.25, 0.3) is 0 Å². The van der Waals surface area contributed by atoms with E-state index in [4.69, 9.17) is 0 Å². The molecule has 0 aromatic carbocycles. The standard InChI is InChI=1S/C20H46N2O2/c1-7-9-11-13-15-21(3,4)17-19(23)20(24)18-22(5,6)16-14-12-10-8-2/h19-20,23-24H,7-18H2,1-6H3/q+2. The van der Waals surface area contributed by atoms with E-state index >= 15 is 0 Å². The van der Waals surface area contributed by atoms with Crippen molar-refractivity contribution in [1.82, 2.24) is 0 Å². The quantitative estimate of drug-likeness (QED) is 0.353. The lowest BCUT2D eigenvalue weighted by molar-refractivity contribution is -0.902. The molecule has 2 N–H and O–H groups in total. The van der Waals surface area contributed by atoms with Gasteiger partial charge in [0.15, 0.2) is 0 Å². The predicted octanol–water partition coefficient (Wildman–Crippen LogP) is 3.02. The minimum absolute atomic E-state index is 0.628. The summed E-state index contributed by atoms with van der Waals surface area (Å²) in [6.07, 6.45) is 8.71. The lowest BCUT2D eigenvalue weighted by atomic mass is 10.1. The average Bonchev–Trinajstić information content (AvgIpc) is 2.47. The van der Waals surface area contributed by atoms with Crippen LogP contribution in [0.15, 0.2) is 0 Å². The smallest absolute Gasteiger partial charge is 0.134 e. The monoisotopic (exact) mass is 346 g/mol. The van der Waals surface area contributed by atoms with E-state index in [-0.39, 0.29) is 0 Å². The Hall–Kier alpha value is -0.160. The number of unbranched alkanes of at least 4 members (excludes halogenated alkanes) is 6.